The molecule has 408 valence electrons. The fraction of sp³-hybridized carbons (Fsp3) is 0.122. The Morgan fingerprint density at radius 1 is 0.641 bits per heavy atom. The minimum atomic E-state index is -5.24. The van der Waals surface area contributed by atoms with E-state index in [1.165, 1.54) is 54.6 Å². The van der Waals surface area contributed by atoms with Crippen molar-refractivity contribution in [3.63, 3.8) is 0 Å². The van der Waals surface area contributed by atoms with Gasteiger partial charge >= 0.3 is 22.3 Å². The molecule has 9 rings (SSSR count). The second-order valence-electron chi connectivity index (χ2n) is 16.1. The Morgan fingerprint density at radius 2 is 1.19 bits per heavy atom. The first-order valence-corrected chi connectivity index (χ1v) is 28.3. The van der Waals surface area contributed by atoms with Crippen LogP contribution in [0.3, 0.4) is 0 Å². The highest BCUT2D eigenvalue weighted by atomic mass is 35.5. The monoisotopic (exact) mass is 1210 g/mol. The molecule has 2 atom stereocenters. The van der Waals surface area contributed by atoms with Gasteiger partial charge < -0.3 is 41.1 Å². The third-order valence-electron chi connectivity index (χ3n) is 10.6. The van der Waals surface area contributed by atoms with Crippen LogP contribution in [0, 0.1) is 12.2 Å². The number of nitrogens with zero attached hydrogens (tertiary/aromatic N) is 8. The molecule has 2 aromatic heterocycles. The topological polar surface area (TPSA) is 415 Å². The average Bonchev–Trinajstić information content (AvgIpc) is 3.45. The molecule has 2 aliphatic heterocycles. The zero-order valence-electron chi connectivity index (χ0n) is 38.5. The van der Waals surface area contributed by atoms with Crippen LogP contribution < -0.4 is 42.0 Å². The maximum Gasteiger partial charge on any atom is 0.315 e. The highest BCUT2D eigenvalue weighted by Crippen LogP contribution is 2.55. The number of aromatic nitrogens is 7. The molecule has 0 radical (unpaired) electrons. The molecule has 0 spiro atoms. The van der Waals surface area contributed by atoms with E-state index in [9.17, 15) is 60.7 Å². The van der Waals surface area contributed by atoms with Gasteiger partial charge in [0.05, 0.1) is 34.7 Å². The van der Waals surface area contributed by atoms with Crippen LogP contribution in [0.2, 0.25) is 10.0 Å². The number of para-hydroxylation sites is 2. The fourth-order valence-corrected chi connectivity index (χ4v) is 11.0. The van der Waals surface area contributed by atoms with Gasteiger partial charge in [0.25, 0.3) is 30.4 Å². The predicted molar refractivity (Wildman–Crippen MR) is 274 cm³/mol. The van der Waals surface area contributed by atoms with Crippen LogP contribution in [0.15, 0.2) is 102 Å². The van der Waals surface area contributed by atoms with Crippen molar-refractivity contribution in [2.24, 2.45) is 4.99 Å². The van der Waals surface area contributed by atoms with Crippen molar-refractivity contribution in [1.82, 2.24) is 34.9 Å². The fourth-order valence-electron chi connectivity index (χ4n) is 7.42. The zero-order chi connectivity index (χ0) is 56.2. The second-order valence-corrected chi connectivity index (χ2v) is 22.8. The largest absolute Gasteiger partial charge is 0.450 e. The summed E-state index contributed by atoms with van der Waals surface area (Å²) in [5, 5.41) is 14.8. The van der Waals surface area contributed by atoms with Crippen molar-refractivity contribution in [2.45, 2.75) is 38.0 Å². The van der Waals surface area contributed by atoms with Crippen LogP contribution in [-0.4, -0.2) is 111 Å². The van der Waals surface area contributed by atoms with E-state index in [0.29, 0.717) is 0 Å². The zero-order valence-corrected chi connectivity index (χ0v) is 44.0. The van der Waals surface area contributed by atoms with Gasteiger partial charge in [-0.1, -0.05) is 59.1 Å². The van der Waals surface area contributed by atoms with Crippen LogP contribution in [0.5, 0.6) is 11.5 Å². The maximum atomic E-state index is 14.5. The summed E-state index contributed by atoms with van der Waals surface area (Å²) in [6.45, 7) is 0.851. The van der Waals surface area contributed by atoms with Gasteiger partial charge in [-0.3, -0.25) is 23.2 Å². The minimum Gasteiger partial charge on any atom is -0.450 e. The number of benzene rings is 5. The molecule has 4 heterocycles. The van der Waals surface area contributed by atoms with Crippen molar-refractivity contribution in [1.29, 1.82) is 0 Å². The van der Waals surface area contributed by atoms with Gasteiger partial charge in [-0.15, -0.1) is 0 Å². The lowest BCUT2D eigenvalue weighted by atomic mass is 10.1. The maximum absolute atomic E-state index is 14.5. The molecule has 0 saturated heterocycles. The first-order chi connectivity index (χ1) is 36.6. The Kier molecular flexibility index (Phi) is 14.9. The summed E-state index contributed by atoms with van der Waals surface area (Å²) >= 11 is 20.1. The molecule has 0 amide bonds. The van der Waals surface area contributed by atoms with E-state index < -0.39 is 125 Å². The number of ether oxygens (including phenoxy) is 1. The lowest BCUT2D eigenvalue weighted by molar-refractivity contribution is 0.449. The van der Waals surface area contributed by atoms with Gasteiger partial charge in [-0.05, 0) is 55.5 Å². The van der Waals surface area contributed by atoms with Crippen molar-refractivity contribution in [3.05, 3.63) is 100 Å². The third kappa shape index (κ3) is 11.8. The summed E-state index contributed by atoms with van der Waals surface area (Å²) < 4.78 is 181. The summed E-state index contributed by atoms with van der Waals surface area (Å²) in [5.41, 5.74) is -3.12. The number of halogens is 5. The van der Waals surface area contributed by atoms with E-state index in [-0.39, 0.29) is 73.5 Å². The lowest BCUT2D eigenvalue weighted by Gasteiger charge is -2.27. The molecule has 1 aliphatic carbocycles. The van der Waals surface area contributed by atoms with E-state index in [4.69, 9.17) is 44.0 Å². The Balaban J connectivity index is 0.966. The molecule has 28 nitrogen and oxygen atoms in total. The molecule has 0 fully saturated rings. The Labute approximate surface area is 452 Å². The summed E-state index contributed by atoms with van der Waals surface area (Å²) in [7, 11) is -19.8. The van der Waals surface area contributed by atoms with Crippen LogP contribution >= 0.6 is 34.8 Å². The number of rotatable bonds is 17. The summed E-state index contributed by atoms with van der Waals surface area (Å²) in [5.74, 6) is -3.24. The van der Waals surface area contributed by atoms with Crippen molar-refractivity contribution >= 4 is 139 Å². The first-order valence-electron chi connectivity index (χ1n) is 21.4. The van der Waals surface area contributed by atoms with Gasteiger partial charge in [-0.25, -0.2) is 4.98 Å². The van der Waals surface area contributed by atoms with Crippen LogP contribution in [-0.2, 0) is 40.5 Å². The Bertz CT molecular complexity index is 4290. The lowest BCUT2D eigenvalue weighted by Crippen LogP contribution is -2.27. The molecular weight excluding hydrogens is 1190 g/mol. The quantitative estimate of drug-likeness (QED) is 0.0196. The number of nitrogens with one attached hydrogen (secondary N) is 6. The van der Waals surface area contributed by atoms with Crippen molar-refractivity contribution in [3.8, 4) is 23.0 Å². The summed E-state index contributed by atoms with van der Waals surface area (Å²) in [6.07, 6.45) is -2.64. The molecule has 0 bridgehead atoms. The third-order valence-corrected chi connectivity index (χ3v) is 15.2. The Hall–Kier alpha value is -7.51. The smallest absolute Gasteiger partial charge is 0.315 e. The molecule has 3 aliphatic rings. The number of fused-ring (bicyclic) bond motifs is 4. The van der Waals surface area contributed by atoms with Gasteiger partial charge in [-0.2, -0.15) is 72.4 Å². The highest BCUT2D eigenvalue weighted by molar-refractivity contribution is 7.86. The average molecular weight is 1220 g/mol. The molecule has 6 aromatic rings. The van der Waals surface area contributed by atoms with E-state index in [1.807, 2.05) is 0 Å². The molecule has 37 heteroatoms. The second kappa shape index (κ2) is 21.0. The van der Waals surface area contributed by atoms with Gasteiger partial charge in [0.15, 0.2) is 32.6 Å². The van der Waals surface area contributed by atoms with E-state index in [0.717, 1.165) is 18.2 Å². The van der Waals surface area contributed by atoms with E-state index in [1.54, 1.807) is 6.92 Å². The summed E-state index contributed by atoms with van der Waals surface area (Å²) in [6, 6.07) is 14.3. The summed E-state index contributed by atoms with van der Waals surface area (Å²) in [4.78, 5) is 27.7. The standard InChI is InChI=1S/C41H31Cl3F2N14O14S4/c1-16(49-38-55-36(45)56-39(59-38)52-17-6-2-4-8-23(17)75(61,62)63)14-47-21-12-10-19-30(34(21)77(67,68)69)73-32-26(43)29-33(27(44)28(32)50-19)74-31-20(51-29)11-13-22(35(31)78(70,71)72)48-15-25(42)54-41-58-37(46)57-40(60-41)53-18-7-3-5-9-24(18)76(64,65)66/h2-13,16,25,47,50H,14-15H2,1H3,(H,61,62,63)(H,64,65,66)(H,67,68,69)(H,70,71,72)(H2,49,52,55,56,59)(H2,53,54,57,58,60). The van der Waals surface area contributed by atoms with Crippen molar-refractivity contribution in [2.75, 3.05) is 45.0 Å². The Morgan fingerprint density at radius 3 is 1.76 bits per heavy atom. The van der Waals surface area contributed by atoms with E-state index >= 15 is 0 Å². The highest BCUT2D eigenvalue weighted by Gasteiger charge is 2.35. The molecule has 10 N–H and O–H groups in total. The van der Waals surface area contributed by atoms with Crippen LogP contribution in [0.1, 0.15) is 6.92 Å². The van der Waals surface area contributed by atoms with Gasteiger partial charge in [0.2, 0.25) is 23.8 Å². The number of hydrogen-bond donors (Lipinski definition) is 10. The number of anilines is 9. The first kappa shape index (κ1) is 55.3. The number of hydrogen-bond acceptors (Lipinski definition) is 24. The minimum absolute atomic E-state index is 0.104. The van der Waals surface area contributed by atoms with Crippen LogP contribution in [0.25, 0.3) is 22.6 Å². The van der Waals surface area contributed by atoms with E-state index in [2.05, 4.69) is 71.8 Å². The molecule has 4 aromatic carbocycles. The van der Waals surface area contributed by atoms with Crippen molar-refractivity contribution < 1.29 is 69.8 Å². The number of alkyl halides is 1. The molecule has 0 saturated carbocycles. The molecular formula is C41H31Cl3F2N14O14S4. The molecule has 78 heavy (non-hydrogen) atoms. The SMILES string of the molecule is CC(CNc1ccc2c(c1S(=O)(=O)O)Oc1c(c(Cl)c3oc4c(S(=O)(=O)O)c(=NCC(Cl)Nc5nc(F)nc(Nc6ccccc6S(=O)(=O)O)n5)ccc-4nc3c1Cl)N2)Nc1nc(F)nc(Nc2ccccc2S(=O)(=O)O)n1. The molecule has 2 unspecified atom stereocenters. The van der Waals surface area contributed by atoms with Gasteiger partial charge in [0, 0.05) is 12.6 Å². The van der Waals surface area contributed by atoms with Crippen LogP contribution in [0.4, 0.5) is 61.0 Å². The van der Waals surface area contributed by atoms with Gasteiger partial charge in [0.1, 0.15) is 42.2 Å². The normalized spacial score (nSPS) is 13.7. The predicted octanol–water partition coefficient (Wildman–Crippen LogP) is 6.70.